The van der Waals surface area contributed by atoms with Gasteiger partial charge < -0.3 is 10.5 Å². The minimum Gasteiger partial charge on any atom is -0.399 e. The van der Waals surface area contributed by atoms with Gasteiger partial charge in [0.25, 0.3) is 0 Å². The van der Waals surface area contributed by atoms with E-state index in [-0.39, 0.29) is 29.4 Å². The minimum atomic E-state index is -3.97. The zero-order valence-corrected chi connectivity index (χ0v) is 14.5. The van der Waals surface area contributed by atoms with Crippen molar-refractivity contribution in [1.29, 1.82) is 0 Å². The van der Waals surface area contributed by atoms with Gasteiger partial charge in [0.1, 0.15) is 4.90 Å². The van der Waals surface area contributed by atoms with Crippen LogP contribution in [0.25, 0.3) is 0 Å². The van der Waals surface area contributed by atoms with Crippen molar-refractivity contribution in [3.8, 4) is 0 Å². The molecule has 2 rings (SSSR count). The molecule has 1 heterocycles. The average Bonchev–Trinajstić information content (AvgIpc) is 2.31. The van der Waals surface area contributed by atoms with E-state index in [4.69, 9.17) is 10.5 Å². The highest BCUT2D eigenvalue weighted by Gasteiger charge is 2.39. The highest BCUT2D eigenvalue weighted by atomic mass is 79.9. The first kappa shape index (κ1) is 16.7. The van der Waals surface area contributed by atoms with E-state index in [1.807, 2.05) is 0 Å². The number of nitrogens with zero attached hydrogens (tertiary/aromatic N) is 1. The zero-order valence-electron chi connectivity index (χ0n) is 12.1. The molecule has 1 atom stereocenters. The number of rotatable bonds is 2. The second-order valence-electron chi connectivity index (χ2n) is 5.80. The van der Waals surface area contributed by atoms with Crippen LogP contribution < -0.4 is 5.73 Å². The quantitative estimate of drug-likeness (QED) is 0.799. The van der Waals surface area contributed by atoms with E-state index < -0.39 is 26.3 Å². The van der Waals surface area contributed by atoms with Crippen LogP contribution in [0, 0.1) is 5.82 Å². The molecule has 21 heavy (non-hydrogen) atoms. The lowest BCUT2D eigenvalue weighted by molar-refractivity contribution is -0.109. The van der Waals surface area contributed by atoms with Crippen molar-refractivity contribution >= 4 is 31.6 Å². The fraction of sp³-hybridized carbons (Fsp3) is 0.538. The third-order valence-electron chi connectivity index (χ3n) is 3.17. The first-order valence-electron chi connectivity index (χ1n) is 6.45. The van der Waals surface area contributed by atoms with E-state index >= 15 is 0 Å². The Morgan fingerprint density at radius 1 is 1.48 bits per heavy atom. The number of ether oxygens (including phenoxy) is 1. The molecule has 1 aliphatic heterocycles. The summed E-state index contributed by atoms with van der Waals surface area (Å²) in [4.78, 5) is -0.417. The number of benzene rings is 1. The molecule has 0 radical (unpaired) electrons. The summed E-state index contributed by atoms with van der Waals surface area (Å²) in [6, 6.07) is 2.47. The summed E-state index contributed by atoms with van der Waals surface area (Å²) < 4.78 is 46.5. The molecule has 2 N–H and O–H groups in total. The van der Waals surface area contributed by atoms with Crippen molar-refractivity contribution in [2.24, 2.45) is 0 Å². The monoisotopic (exact) mass is 380 g/mol. The van der Waals surface area contributed by atoms with Gasteiger partial charge >= 0.3 is 0 Å². The first-order chi connectivity index (χ1) is 9.53. The molecule has 0 aliphatic carbocycles. The number of hydrogen-bond acceptors (Lipinski definition) is 4. The van der Waals surface area contributed by atoms with E-state index in [1.165, 1.54) is 10.4 Å². The molecule has 0 aromatic heterocycles. The van der Waals surface area contributed by atoms with Crippen LogP contribution in [0.2, 0.25) is 0 Å². The summed E-state index contributed by atoms with van der Waals surface area (Å²) in [5, 5.41) is 0. The van der Waals surface area contributed by atoms with Crippen LogP contribution in [0.1, 0.15) is 20.8 Å². The van der Waals surface area contributed by atoms with Crippen molar-refractivity contribution in [2.45, 2.75) is 37.4 Å². The summed E-state index contributed by atoms with van der Waals surface area (Å²) in [6.07, 6.45) is -0.268. The van der Waals surface area contributed by atoms with Gasteiger partial charge in [-0.3, -0.25) is 0 Å². The smallest absolute Gasteiger partial charge is 0.246 e. The molecule has 0 saturated carbocycles. The molecule has 1 aromatic carbocycles. The molecule has 8 heteroatoms. The molecule has 0 bridgehead atoms. The lowest BCUT2D eigenvalue weighted by atomic mass is 10.1. The summed E-state index contributed by atoms with van der Waals surface area (Å²) in [6.45, 7) is 5.73. The van der Waals surface area contributed by atoms with Crippen molar-refractivity contribution in [1.82, 2.24) is 4.31 Å². The number of nitrogens with two attached hydrogens (primary N) is 1. The predicted molar refractivity (Wildman–Crippen MR) is 81.9 cm³/mol. The fourth-order valence-electron chi connectivity index (χ4n) is 2.49. The normalized spacial score (nSPS) is 23.2. The topological polar surface area (TPSA) is 72.6 Å². The SMILES string of the molecule is CC1CN(S(=O)(=O)c2cc(N)cc(Br)c2F)CC(C)(C)O1. The summed E-state index contributed by atoms with van der Waals surface area (Å²) >= 11 is 2.98. The highest BCUT2D eigenvalue weighted by molar-refractivity contribution is 9.10. The summed E-state index contributed by atoms with van der Waals surface area (Å²) in [5.41, 5.74) is 5.19. The average molecular weight is 381 g/mol. The van der Waals surface area contributed by atoms with Gasteiger partial charge in [0, 0.05) is 18.8 Å². The molecule has 1 unspecified atom stereocenters. The van der Waals surface area contributed by atoms with Gasteiger partial charge in [-0.1, -0.05) is 0 Å². The van der Waals surface area contributed by atoms with E-state index in [0.717, 1.165) is 6.07 Å². The molecule has 1 aliphatic rings. The molecule has 118 valence electrons. The maximum absolute atomic E-state index is 14.2. The Morgan fingerprint density at radius 2 is 2.10 bits per heavy atom. The number of nitrogen functional groups attached to an aromatic ring is 1. The van der Waals surface area contributed by atoms with Gasteiger partial charge in [-0.15, -0.1) is 0 Å². The van der Waals surface area contributed by atoms with Crippen LogP contribution in [-0.4, -0.2) is 37.5 Å². The highest BCUT2D eigenvalue weighted by Crippen LogP contribution is 2.31. The Morgan fingerprint density at radius 3 is 2.67 bits per heavy atom. The molecule has 0 amide bonds. The number of anilines is 1. The van der Waals surface area contributed by atoms with Crippen molar-refractivity contribution in [3.05, 3.63) is 22.4 Å². The Kier molecular flexibility index (Phi) is 4.36. The van der Waals surface area contributed by atoms with Crippen LogP contribution in [-0.2, 0) is 14.8 Å². The largest absolute Gasteiger partial charge is 0.399 e. The number of halogens is 2. The van der Waals surface area contributed by atoms with Gasteiger partial charge in [0.15, 0.2) is 5.82 Å². The molecule has 0 spiro atoms. The molecular formula is C13H18BrFN2O3S. The second kappa shape index (κ2) is 5.49. The van der Waals surface area contributed by atoms with E-state index in [2.05, 4.69) is 15.9 Å². The number of morpholine rings is 1. The molecule has 1 saturated heterocycles. The van der Waals surface area contributed by atoms with Crippen molar-refractivity contribution < 1.29 is 17.5 Å². The lowest BCUT2D eigenvalue weighted by Gasteiger charge is -2.40. The van der Waals surface area contributed by atoms with E-state index in [1.54, 1.807) is 20.8 Å². The fourth-order valence-corrected chi connectivity index (χ4v) is 4.88. The molecule has 1 aromatic rings. The number of sulfonamides is 1. The Balaban J connectivity index is 2.48. The summed E-state index contributed by atoms with van der Waals surface area (Å²) in [7, 11) is -3.97. The Hall–Kier alpha value is -0.700. The first-order valence-corrected chi connectivity index (χ1v) is 8.69. The van der Waals surface area contributed by atoms with Gasteiger partial charge in [0.2, 0.25) is 10.0 Å². The molecule has 5 nitrogen and oxygen atoms in total. The maximum Gasteiger partial charge on any atom is 0.246 e. The van der Waals surface area contributed by atoms with Crippen LogP contribution in [0.15, 0.2) is 21.5 Å². The second-order valence-corrected chi connectivity index (χ2v) is 8.56. The van der Waals surface area contributed by atoms with E-state index in [9.17, 15) is 12.8 Å². The van der Waals surface area contributed by atoms with Gasteiger partial charge in [-0.2, -0.15) is 4.31 Å². The standard InChI is InChI=1S/C13H18BrFN2O3S/c1-8-6-17(7-13(2,3)20-8)21(18,19)11-5-9(16)4-10(14)12(11)15/h4-5,8H,6-7,16H2,1-3H3. The predicted octanol–water partition coefficient (Wildman–Crippen LogP) is 2.36. The van der Waals surface area contributed by atoms with Crippen molar-refractivity contribution in [3.63, 3.8) is 0 Å². The molecular weight excluding hydrogens is 363 g/mol. The van der Waals surface area contributed by atoms with Crippen LogP contribution >= 0.6 is 15.9 Å². The van der Waals surface area contributed by atoms with Gasteiger partial charge in [-0.05, 0) is 48.8 Å². The minimum absolute atomic E-state index is 0.0293. The summed E-state index contributed by atoms with van der Waals surface area (Å²) in [5.74, 6) is -0.832. The van der Waals surface area contributed by atoms with Crippen LogP contribution in [0.5, 0.6) is 0 Å². The molecule has 1 fully saturated rings. The third kappa shape index (κ3) is 3.39. The van der Waals surface area contributed by atoms with Crippen LogP contribution in [0.4, 0.5) is 10.1 Å². The van der Waals surface area contributed by atoms with Crippen molar-refractivity contribution in [2.75, 3.05) is 18.8 Å². The van der Waals surface area contributed by atoms with Crippen LogP contribution in [0.3, 0.4) is 0 Å². The van der Waals surface area contributed by atoms with Gasteiger partial charge in [0.05, 0.1) is 16.2 Å². The Labute approximate surface area is 132 Å². The Bertz CT molecular complexity index is 664. The number of hydrogen-bond donors (Lipinski definition) is 1. The third-order valence-corrected chi connectivity index (χ3v) is 5.56. The maximum atomic E-state index is 14.2. The lowest BCUT2D eigenvalue weighted by Crippen LogP contribution is -2.53. The zero-order chi connectivity index (χ0) is 16.0. The van der Waals surface area contributed by atoms with Gasteiger partial charge in [-0.25, -0.2) is 12.8 Å². The van der Waals surface area contributed by atoms with E-state index in [0.29, 0.717) is 0 Å².